The van der Waals surface area contributed by atoms with Gasteiger partial charge in [0.15, 0.2) is 0 Å². The summed E-state index contributed by atoms with van der Waals surface area (Å²) in [6, 6.07) is 0.481. The molecule has 1 saturated carbocycles. The van der Waals surface area contributed by atoms with Gasteiger partial charge in [-0.2, -0.15) is 0 Å². The van der Waals surface area contributed by atoms with Crippen LogP contribution in [0.15, 0.2) is 0 Å². The van der Waals surface area contributed by atoms with E-state index in [4.69, 9.17) is 5.73 Å². The number of piperidine rings is 1. The van der Waals surface area contributed by atoms with Crippen molar-refractivity contribution >= 4 is 0 Å². The maximum atomic E-state index is 6.30. The normalized spacial score (nSPS) is 33.5. The molecule has 0 spiro atoms. The quantitative estimate of drug-likeness (QED) is 0.741. The molecule has 1 aliphatic carbocycles. The van der Waals surface area contributed by atoms with Crippen LogP contribution in [0.3, 0.4) is 0 Å². The molecule has 3 atom stereocenters. The second-order valence-electron chi connectivity index (χ2n) is 6.97. The van der Waals surface area contributed by atoms with E-state index < -0.39 is 0 Å². The average Bonchev–Trinajstić information content (AvgIpc) is 2.42. The van der Waals surface area contributed by atoms with E-state index in [9.17, 15) is 0 Å². The summed E-state index contributed by atoms with van der Waals surface area (Å²) in [7, 11) is 0. The molecule has 2 fully saturated rings. The summed E-state index contributed by atoms with van der Waals surface area (Å²) in [6.45, 7) is 6.27. The standard InChI is InChI=1S/C17H34N2/c1-2-3-4-8-15-9-7-12-19(13-15)14-16-10-5-6-11-17(16)18/h15-17H,2-14,18H2,1H3/t15-,16-,17+/m0/s1. The molecule has 19 heavy (non-hydrogen) atoms. The van der Waals surface area contributed by atoms with E-state index in [-0.39, 0.29) is 0 Å². The van der Waals surface area contributed by atoms with Gasteiger partial charge in [-0.05, 0) is 50.5 Å². The Morgan fingerprint density at radius 2 is 1.89 bits per heavy atom. The van der Waals surface area contributed by atoms with E-state index in [0.29, 0.717) is 6.04 Å². The first-order chi connectivity index (χ1) is 9.29. The minimum atomic E-state index is 0.481. The summed E-state index contributed by atoms with van der Waals surface area (Å²) in [5.41, 5.74) is 6.30. The number of nitrogens with two attached hydrogens (primary N) is 1. The summed E-state index contributed by atoms with van der Waals surface area (Å²) in [5, 5.41) is 0. The van der Waals surface area contributed by atoms with E-state index in [2.05, 4.69) is 11.8 Å². The molecular formula is C17H34N2. The van der Waals surface area contributed by atoms with Crippen molar-refractivity contribution < 1.29 is 0 Å². The van der Waals surface area contributed by atoms with Crippen LogP contribution in [0.4, 0.5) is 0 Å². The molecule has 1 heterocycles. The molecule has 1 aliphatic heterocycles. The molecule has 0 aromatic carbocycles. The molecule has 2 heteroatoms. The maximum absolute atomic E-state index is 6.30. The zero-order valence-corrected chi connectivity index (χ0v) is 12.9. The van der Waals surface area contributed by atoms with Gasteiger partial charge in [0, 0.05) is 19.1 Å². The van der Waals surface area contributed by atoms with Crippen LogP contribution in [-0.4, -0.2) is 30.6 Å². The Hall–Kier alpha value is -0.0800. The zero-order chi connectivity index (χ0) is 13.5. The van der Waals surface area contributed by atoms with Crippen molar-refractivity contribution in [1.82, 2.24) is 4.90 Å². The van der Waals surface area contributed by atoms with Gasteiger partial charge >= 0.3 is 0 Å². The highest BCUT2D eigenvalue weighted by Crippen LogP contribution is 2.27. The van der Waals surface area contributed by atoms with E-state index >= 15 is 0 Å². The van der Waals surface area contributed by atoms with Crippen LogP contribution in [0.2, 0.25) is 0 Å². The van der Waals surface area contributed by atoms with Gasteiger partial charge in [-0.15, -0.1) is 0 Å². The minimum absolute atomic E-state index is 0.481. The van der Waals surface area contributed by atoms with Gasteiger partial charge < -0.3 is 10.6 Å². The van der Waals surface area contributed by atoms with Gasteiger partial charge in [0.25, 0.3) is 0 Å². The molecule has 2 aliphatic rings. The zero-order valence-electron chi connectivity index (χ0n) is 12.9. The molecule has 2 rings (SSSR count). The first-order valence-electron chi connectivity index (χ1n) is 8.77. The number of unbranched alkanes of at least 4 members (excludes halogenated alkanes) is 2. The van der Waals surface area contributed by atoms with Crippen molar-refractivity contribution in [3.8, 4) is 0 Å². The van der Waals surface area contributed by atoms with Gasteiger partial charge in [0.2, 0.25) is 0 Å². The Balaban J connectivity index is 1.70. The van der Waals surface area contributed by atoms with Crippen LogP contribution in [0.1, 0.15) is 71.1 Å². The molecule has 0 aromatic heterocycles. The Morgan fingerprint density at radius 3 is 2.68 bits per heavy atom. The second kappa shape index (κ2) is 8.26. The Labute approximate surface area is 120 Å². The van der Waals surface area contributed by atoms with Crippen LogP contribution in [0.25, 0.3) is 0 Å². The molecule has 0 bridgehead atoms. The molecule has 0 aromatic rings. The lowest BCUT2D eigenvalue weighted by atomic mass is 9.84. The summed E-state index contributed by atoms with van der Waals surface area (Å²) in [6.07, 6.45) is 14.0. The number of rotatable bonds is 6. The van der Waals surface area contributed by atoms with E-state index in [0.717, 1.165) is 11.8 Å². The molecular weight excluding hydrogens is 232 g/mol. The average molecular weight is 266 g/mol. The number of hydrogen-bond acceptors (Lipinski definition) is 2. The number of hydrogen-bond donors (Lipinski definition) is 1. The molecule has 2 N–H and O–H groups in total. The van der Waals surface area contributed by atoms with Crippen molar-refractivity contribution in [2.75, 3.05) is 19.6 Å². The fourth-order valence-corrected chi connectivity index (χ4v) is 4.03. The monoisotopic (exact) mass is 266 g/mol. The topological polar surface area (TPSA) is 29.3 Å². The van der Waals surface area contributed by atoms with Crippen molar-refractivity contribution in [3.63, 3.8) is 0 Å². The van der Waals surface area contributed by atoms with Crippen molar-refractivity contribution in [2.45, 2.75) is 77.2 Å². The van der Waals surface area contributed by atoms with Crippen molar-refractivity contribution in [3.05, 3.63) is 0 Å². The predicted octanol–water partition coefficient (Wildman–Crippen LogP) is 3.80. The molecule has 112 valence electrons. The second-order valence-corrected chi connectivity index (χ2v) is 6.97. The largest absolute Gasteiger partial charge is 0.327 e. The molecule has 0 unspecified atom stereocenters. The third-order valence-corrected chi connectivity index (χ3v) is 5.28. The smallest absolute Gasteiger partial charge is 0.00793 e. The van der Waals surface area contributed by atoms with Crippen molar-refractivity contribution in [2.24, 2.45) is 17.6 Å². The summed E-state index contributed by atoms with van der Waals surface area (Å²) in [4.78, 5) is 2.73. The van der Waals surface area contributed by atoms with Gasteiger partial charge in [0.1, 0.15) is 0 Å². The van der Waals surface area contributed by atoms with Gasteiger partial charge in [-0.3, -0.25) is 0 Å². The predicted molar refractivity (Wildman–Crippen MR) is 83.2 cm³/mol. The molecule has 0 amide bonds. The first kappa shape index (κ1) is 15.3. The Morgan fingerprint density at radius 1 is 1.05 bits per heavy atom. The van der Waals surface area contributed by atoms with Crippen LogP contribution >= 0.6 is 0 Å². The fourth-order valence-electron chi connectivity index (χ4n) is 4.03. The van der Waals surface area contributed by atoms with E-state index in [1.165, 1.54) is 83.8 Å². The first-order valence-corrected chi connectivity index (χ1v) is 8.77. The fraction of sp³-hybridized carbons (Fsp3) is 1.00. The minimum Gasteiger partial charge on any atom is -0.327 e. The Kier molecular flexibility index (Phi) is 6.66. The van der Waals surface area contributed by atoms with Crippen molar-refractivity contribution in [1.29, 1.82) is 0 Å². The third-order valence-electron chi connectivity index (χ3n) is 5.28. The molecule has 1 saturated heterocycles. The van der Waals surface area contributed by atoms with Gasteiger partial charge in [-0.25, -0.2) is 0 Å². The number of likely N-dealkylation sites (tertiary alicyclic amines) is 1. The van der Waals surface area contributed by atoms with Crippen LogP contribution in [-0.2, 0) is 0 Å². The lowest BCUT2D eigenvalue weighted by molar-refractivity contribution is 0.124. The highest BCUT2D eigenvalue weighted by Gasteiger charge is 2.26. The van der Waals surface area contributed by atoms with Crippen LogP contribution in [0.5, 0.6) is 0 Å². The van der Waals surface area contributed by atoms with Gasteiger partial charge in [-0.1, -0.05) is 39.0 Å². The third kappa shape index (κ3) is 5.07. The van der Waals surface area contributed by atoms with E-state index in [1.54, 1.807) is 0 Å². The maximum Gasteiger partial charge on any atom is 0.00793 e. The molecule has 0 radical (unpaired) electrons. The lowest BCUT2D eigenvalue weighted by Gasteiger charge is -2.38. The van der Waals surface area contributed by atoms with E-state index in [1.807, 2.05) is 0 Å². The lowest BCUT2D eigenvalue weighted by Crippen LogP contribution is -2.44. The SMILES string of the molecule is CCCCC[C@H]1CCCN(C[C@@H]2CCCC[C@H]2N)C1. The van der Waals surface area contributed by atoms with Crippen LogP contribution < -0.4 is 5.73 Å². The highest BCUT2D eigenvalue weighted by molar-refractivity contribution is 4.82. The summed E-state index contributed by atoms with van der Waals surface area (Å²) in [5.74, 6) is 1.75. The Bertz CT molecular complexity index is 241. The molecule has 2 nitrogen and oxygen atoms in total. The summed E-state index contributed by atoms with van der Waals surface area (Å²) >= 11 is 0. The summed E-state index contributed by atoms with van der Waals surface area (Å²) < 4.78 is 0. The van der Waals surface area contributed by atoms with Gasteiger partial charge in [0.05, 0.1) is 0 Å². The number of nitrogens with zero attached hydrogens (tertiary/aromatic N) is 1. The highest BCUT2D eigenvalue weighted by atomic mass is 15.1. The van der Waals surface area contributed by atoms with Crippen LogP contribution in [0, 0.1) is 11.8 Å².